The van der Waals surface area contributed by atoms with Gasteiger partial charge in [-0.05, 0) is 30.5 Å². The Labute approximate surface area is 90.1 Å². The molecule has 0 fully saturated rings. The molecular formula is C12H15NS. The normalized spacial score (nSPS) is 10.2. The lowest BCUT2D eigenvalue weighted by Gasteiger charge is -2.06. The van der Waals surface area contributed by atoms with Gasteiger partial charge in [-0.25, -0.2) is 0 Å². The molecule has 1 aromatic rings. The van der Waals surface area contributed by atoms with Crippen molar-refractivity contribution in [2.45, 2.75) is 25.7 Å². The highest BCUT2D eigenvalue weighted by Crippen LogP contribution is 2.25. The summed E-state index contributed by atoms with van der Waals surface area (Å²) in [5.74, 6) is 1.73. The Morgan fingerprint density at radius 1 is 1.43 bits per heavy atom. The molecule has 0 aliphatic carbocycles. The van der Waals surface area contributed by atoms with Gasteiger partial charge >= 0.3 is 0 Å². The SMILES string of the molecule is Cc1ccc(C#N)c(SCC(C)C)c1. The Hall–Kier alpha value is -0.940. The van der Waals surface area contributed by atoms with Crippen LogP contribution < -0.4 is 0 Å². The van der Waals surface area contributed by atoms with E-state index in [1.54, 1.807) is 11.8 Å². The molecule has 1 nitrogen and oxygen atoms in total. The van der Waals surface area contributed by atoms with Gasteiger partial charge in [-0.2, -0.15) is 5.26 Å². The van der Waals surface area contributed by atoms with Gasteiger partial charge in [0.05, 0.1) is 5.56 Å². The zero-order chi connectivity index (χ0) is 10.6. The lowest BCUT2D eigenvalue weighted by atomic mass is 10.2. The van der Waals surface area contributed by atoms with Crippen molar-refractivity contribution in [3.63, 3.8) is 0 Å². The van der Waals surface area contributed by atoms with Crippen molar-refractivity contribution in [2.24, 2.45) is 5.92 Å². The van der Waals surface area contributed by atoms with E-state index in [1.165, 1.54) is 5.56 Å². The predicted molar refractivity (Wildman–Crippen MR) is 61.5 cm³/mol. The fourth-order valence-electron chi connectivity index (χ4n) is 1.10. The maximum Gasteiger partial charge on any atom is 0.100 e. The van der Waals surface area contributed by atoms with Gasteiger partial charge in [-0.1, -0.05) is 19.9 Å². The lowest BCUT2D eigenvalue weighted by molar-refractivity contribution is 0.750. The molecule has 0 radical (unpaired) electrons. The third-order valence-corrected chi connectivity index (χ3v) is 3.31. The third-order valence-electron chi connectivity index (χ3n) is 1.83. The standard InChI is InChI=1S/C12H15NS/c1-9(2)8-14-12-6-10(3)4-5-11(12)7-13/h4-6,9H,8H2,1-3H3. The second-order valence-electron chi connectivity index (χ2n) is 3.82. The van der Waals surface area contributed by atoms with Gasteiger partial charge in [0.1, 0.15) is 6.07 Å². The molecule has 0 aliphatic heterocycles. The maximum absolute atomic E-state index is 8.91. The van der Waals surface area contributed by atoms with Crippen molar-refractivity contribution in [3.05, 3.63) is 29.3 Å². The van der Waals surface area contributed by atoms with Crippen LogP contribution in [0.25, 0.3) is 0 Å². The first-order valence-electron chi connectivity index (χ1n) is 4.77. The van der Waals surface area contributed by atoms with Crippen LogP contribution in [-0.2, 0) is 0 Å². The van der Waals surface area contributed by atoms with Crippen LogP contribution in [0.2, 0.25) is 0 Å². The summed E-state index contributed by atoms with van der Waals surface area (Å²) in [6.07, 6.45) is 0. The Bertz CT molecular complexity index is 350. The summed E-state index contributed by atoms with van der Waals surface area (Å²) in [6, 6.07) is 8.20. The Kier molecular flexibility index (Phi) is 4.03. The molecule has 2 heteroatoms. The molecule has 0 bridgehead atoms. The highest BCUT2D eigenvalue weighted by molar-refractivity contribution is 7.99. The molecular weight excluding hydrogens is 190 g/mol. The van der Waals surface area contributed by atoms with Crippen LogP contribution in [0.15, 0.2) is 23.1 Å². The molecule has 0 spiro atoms. The summed E-state index contributed by atoms with van der Waals surface area (Å²) in [6.45, 7) is 6.43. The van der Waals surface area contributed by atoms with E-state index in [4.69, 9.17) is 5.26 Å². The number of hydrogen-bond acceptors (Lipinski definition) is 2. The monoisotopic (exact) mass is 205 g/mol. The second-order valence-corrected chi connectivity index (χ2v) is 4.88. The van der Waals surface area contributed by atoms with E-state index >= 15 is 0 Å². The average molecular weight is 205 g/mol. The van der Waals surface area contributed by atoms with E-state index in [2.05, 4.69) is 32.9 Å². The molecule has 0 saturated carbocycles. The summed E-state index contributed by atoms with van der Waals surface area (Å²) < 4.78 is 0. The van der Waals surface area contributed by atoms with Gasteiger partial charge in [0, 0.05) is 10.6 Å². The minimum absolute atomic E-state index is 0.659. The van der Waals surface area contributed by atoms with Gasteiger partial charge in [0.2, 0.25) is 0 Å². The van der Waals surface area contributed by atoms with Gasteiger partial charge in [-0.15, -0.1) is 11.8 Å². The average Bonchev–Trinajstić information content (AvgIpc) is 2.15. The third kappa shape index (κ3) is 3.08. The van der Waals surface area contributed by atoms with Crippen LogP contribution in [0.1, 0.15) is 25.0 Å². The van der Waals surface area contributed by atoms with Crippen molar-refractivity contribution in [1.29, 1.82) is 5.26 Å². The summed E-state index contributed by atoms with van der Waals surface area (Å²) in [5.41, 5.74) is 2.01. The van der Waals surface area contributed by atoms with Gasteiger partial charge in [0.15, 0.2) is 0 Å². The van der Waals surface area contributed by atoms with Crippen LogP contribution >= 0.6 is 11.8 Å². The quantitative estimate of drug-likeness (QED) is 0.704. The first-order valence-corrected chi connectivity index (χ1v) is 5.75. The number of aryl methyl sites for hydroxylation is 1. The molecule has 1 rings (SSSR count). The van der Waals surface area contributed by atoms with Gasteiger partial charge in [-0.3, -0.25) is 0 Å². The second kappa shape index (κ2) is 5.07. The van der Waals surface area contributed by atoms with Crippen LogP contribution in [0.3, 0.4) is 0 Å². The molecule has 1 aromatic carbocycles. The van der Waals surface area contributed by atoms with E-state index in [1.807, 2.05) is 12.1 Å². The van der Waals surface area contributed by atoms with Crippen LogP contribution in [-0.4, -0.2) is 5.75 Å². The molecule has 0 aliphatic rings. The molecule has 0 atom stereocenters. The van der Waals surface area contributed by atoms with Crippen LogP contribution in [0.5, 0.6) is 0 Å². The zero-order valence-electron chi connectivity index (χ0n) is 8.87. The molecule has 74 valence electrons. The largest absolute Gasteiger partial charge is 0.192 e. The predicted octanol–water partition coefficient (Wildman–Crippen LogP) is 3.61. The fraction of sp³-hybridized carbons (Fsp3) is 0.417. The van der Waals surface area contributed by atoms with E-state index < -0.39 is 0 Å². The van der Waals surface area contributed by atoms with Crippen LogP contribution in [0, 0.1) is 24.2 Å². The highest BCUT2D eigenvalue weighted by atomic mass is 32.2. The van der Waals surface area contributed by atoms with Crippen LogP contribution in [0.4, 0.5) is 0 Å². The molecule has 14 heavy (non-hydrogen) atoms. The number of nitrogens with zero attached hydrogens (tertiary/aromatic N) is 1. The Balaban J connectivity index is 2.84. The summed E-state index contributed by atoms with van der Waals surface area (Å²) in [7, 11) is 0. The first kappa shape index (κ1) is 11.1. The summed E-state index contributed by atoms with van der Waals surface area (Å²) in [5, 5.41) is 8.91. The molecule has 0 N–H and O–H groups in total. The highest BCUT2D eigenvalue weighted by Gasteiger charge is 2.03. The molecule has 0 saturated heterocycles. The van der Waals surface area contributed by atoms with Crippen molar-refractivity contribution >= 4 is 11.8 Å². The fourth-order valence-corrected chi connectivity index (χ4v) is 2.15. The topological polar surface area (TPSA) is 23.8 Å². The zero-order valence-corrected chi connectivity index (χ0v) is 9.69. The number of hydrogen-bond donors (Lipinski definition) is 0. The Morgan fingerprint density at radius 3 is 2.71 bits per heavy atom. The van der Waals surface area contributed by atoms with Gasteiger partial charge < -0.3 is 0 Å². The molecule has 0 unspecified atom stereocenters. The van der Waals surface area contributed by atoms with E-state index in [0.717, 1.165) is 16.2 Å². The van der Waals surface area contributed by atoms with Crippen molar-refractivity contribution in [3.8, 4) is 6.07 Å². The van der Waals surface area contributed by atoms with E-state index in [-0.39, 0.29) is 0 Å². The molecule has 0 aromatic heterocycles. The van der Waals surface area contributed by atoms with E-state index in [0.29, 0.717) is 5.92 Å². The smallest absolute Gasteiger partial charge is 0.100 e. The number of benzene rings is 1. The first-order chi connectivity index (χ1) is 6.63. The van der Waals surface area contributed by atoms with Crippen molar-refractivity contribution < 1.29 is 0 Å². The number of thioether (sulfide) groups is 1. The number of nitriles is 1. The minimum Gasteiger partial charge on any atom is -0.192 e. The molecule has 0 heterocycles. The lowest BCUT2D eigenvalue weighted by Crippen LogP contribution is -1.92. The summed E-state index contributed by atoms with van der Waals surface area (Å²) >= 11 is 1.77. The minimum atomic E-state index is 0.659. The number of rotatable bonds is 3. The van der Waals surface area contributed by atoms with Crippen molar-refractivity contribution in [2.75, 3.05) is 5.75 Å². The maximum atomic E-state index is 8.91. The van der Waals surface area contributed by atoms with E-state index in [9.17, 15) is 0 Å². The summed E-state index contributed by atoms with van der Waals surface area (Å²) in [4.78, 5) is 1.11. The van der Waals surface area contributed by atoms with Crippen molar-refractivity contribution in [1.82, 2.24) is 0 Å². The van der Waals surface area contributed by atoms with Gasteiger partial charge in [0.25, 0.3) is 0 Å². The molecule has 0 amide bonds. The Morgan fingerprint density at radius 2 is 2.14 bits per heavy atom.